The number of amides is 1. The van der Waals surface area contributed by atoms with E-state index in [0.29, 0.717) is 24.5 Å². The fraction of sp³-hybridized carbons (Fsp3) is 0.588. The third kappa shape index (κ3) is 2.96. The van der Waals surface area contributed by atoms with Gasteiger partial charge in [-0.1, -0.05) is 48.2 Å². The molecule has 3 nitrogen and oxygen atoms in total. The highest BCUT2D eigenvalue weighted by Gasteiger charge is 2.35. The minimum atomic E-state index is -0.0298. The van der Waals surface area contributed by atoms with Gasteiger partial charge < -0.3 is 10.1 Å². The first-order chi connectivity index (χ1) is 10.1. The number of halogens is 1. The van der Waals surface area contributed by atoms with Crippen LogP contribution in [0, 0.1) is 5.41 Å². The maximum absolute atomic E-state index is 12.1. The molecule has 1 unspecified atom stereocenters. The summed E-state index contributed by atoms with van der Waals surface area (Å²) in [4.78, 5) is 12.4. The van der Waals surface area contributed by atoms with Crippen molar-refractivity contribution in [1.29, 1.82) is 0 Å². The van der Waals surface area contributed by atoms with Crippen molar-refractivity contribution in [2.75, 3.05) is 13.2 Å². The van der Waals surface area contributed by atoms with E-state index < -0.39 is 0 Å². The number of alkyl halides is 1. The highest BCUT2D eigenvalue weighted by molar-refractivity contribution is 9.09. The molecule has 0 aromatic heterocycles. The fourth-order valence-corrected chi connectivity index (χ4v) is 4.19. The van der Waals surface area contributed by atoms with E-state index in [1.165, 1.54) is 37.7 Å². The average Bonchev–Trinajstić information content (AvgIpc) is 2.69. The first-order valence-corrected chi connectivity index (χ1v) is 8.71. The number of hydrogen-bond acceptors (Lipinski definition) is 2. The van der Waals surface area contributed by atoms with Crippen molar-refractivity contribution in [2.24, 2.45) is 5.41 Å². The molecule has 1 amide bonds. The van der Waals surface area contributed by atoms with E-state index in [9.17, 15) is 4.79 Å². The fourth-order valence-electron chi connectivity index (χ4n) is 3.44. The molecule has 2 aliphatic rings. The Morgan fingerprint density at radius 3 is 2.81 bits per heavy atom. The minimum Gasteiger partial charge on any atom is -0.491 e. The summed E-state index contributed by atoms with van der Waals surface area (Å²) in [7, 11) is 0. The third-order valence-corrected chi connectivity index (χ3v) is 6.43. The summed E-state index contributed by atoms with van der Waals surface area (Å²) in [6, 6.07) is 6.03. The van der Waals surface area contributed by atoms with E-state index in [0.717, 1.165) is 0 Å². The predicted molar refractivity (Wildman–Crippen MR) is 87.1 cm³/mol. The summed E-state index contributed by atoms with van der Waals surface area (Å²) < 4.78 is 5.63. The van der Waals surface area contributed by atoms with Crippen LogP contribution in [0.25, 0.3) is 0 Å². The zero-order valence-electron chi connectivity index (χ0n) is 12.5. The zero-order valence-corrected chi connectivity index (χ0v) is 14.0. The van der Waals surface area contributed by atoms with Gasteiger partial charge in [0.05, 0.1) is 12.1 Å². The van der Waals surface area contributed by atoms with Crippen LogP contribution in [0.15, 0.2) is 18.2 Å². The molecule has 3 rings (SSSR count). The van der Waals surface area contributed by atoms with Crippen LogP contribution in [-0.2, 0) is 0 Å². The second kappa shape index (κ2) is 5.99. The van der Waals surface area contributed by atoms with Crippen LogP contribution >= 0.6 is 15.9 Å². The van der Waals surface area contributed by atoms with Gasteiger partial charge in [0, 0.05) is 4.83 Å². The van der Waals surface area contributed by atoms with E-state index in [1.54, 1.807) is 0 Å². The van der Waals surface area contributed by atoms with Crippen LogP contribution in [0.4, 0.5) is 0 Å². The molecule has 1 heterocycles. The minimum absolute atomic E-state index is 0.0298. The van der Waals surface area contributed by atoms with Gasteiger partial charge in [0.25, 0.3) is 5.91 Å². The second-order valence-electron chi connectivity index (χ2n) is 6.44. The van der Waals surface area contributed by atoms with Crippen LogP contribution in [-0.4, -0.2) is 19.1 Å². The Morgan fingerprint density at radius 1 is 1.29 bits per heavy atom. The summed E-state index contributed by atoms with van der Waals surface area (Å²) in [5, 5.41) is 2.88. The van der Waals surface area contributed by atoms with Gasteiger partial charge in [-0.15, -0.1) is 0 Å². The van der Waals surface area contributed by atoms with Gasteiger partial charge in [-0.25, -0.2) is 0 Å². The summed E-state index contributed by atoms with van der Waals surface area (Å²) in [6.45, 7) is 3.46. The first kappa shape index (κ1) is 14.9. The maximum Gasteiger partial charge on any atom is 0.255 e. The number of carbonyl (C=O) groups excluding carboxylic acids is 1. The van der Waals surface area contributed by atoms with E-state index in [-0.39, 0.29) is 16.1 Å². The van der Waals surface area contributed by atoms with Crippen LogP contribution in [0.1, 0.15) is 59.8 Å². The molecule has 1 aromatic carbocycles. The Morgan fingerprint density at radius 2 is 2.05 bits per heavy atom. The summed E-state index contributed by atoms with van der Waals surface area (Å²) in [5.74, 6) is 0.667. The van der Waals surface area contributed by atoms with Gasteiger partial charge in [-0.05, 0) is 36.0 Å². The topological polar surface area (TPSA) is 38.3 Å². The molecule has 1 N–H and O–H groups in total. The molecule has 1 fully saturated rings. The summed E-state index contributed by atoms with van der Waals surface area (Å²) in [5.41, 5.74) is 2.11. The molecule has 4 heteroatoms. The van der Waals surface area contributed by atoms with E-state index >= 15 is 0 Å². The second-order valence-corrected chi connectivity index (χ2v) is 7.35. The van der Waals surface area contributed by atoms with E-state index in [4.69, 9.17) is 4.74 Å². The van der Waals surface area contributed by atoms with Crippen LogP contribution in [0.5, 0.6) is 5.75 Å². The maximum atomic E-state index is 12.1. The molecule has 0 saturated heterocycles. The van der Waals surface area contributed by atoms with Gasteiger partial charge in [0.15, 0.2) is 0 Å². The normalized spacial score (nSPS) is 22.5. The van der Waals surface area contributed by atoms with Crippen LogP contribution in [0.3, 0.4) is 0 Å². The van der Waals surface area contributed by atoms with Crippen molar-refractivity contribution >= 4 is 21.8 Å². The quantitative estimate of drug-likeness (QED) is 0.810. The van der Waals surface area contributed by atoms with E-state index in [1.807, 2.05) is 12.1 Å². The molecule has 0 bridgehead atoms. The lowest BCUT2D eigenvalue weighted by Crippen LogP contribution is -2.26. The number of fused-ring (bicyclic) bond motifs is 1. The Labute approximate surface area is 134 Å². The number of ether oxygens (including phenoxy) is 1. The highest BCUT2D eigenvalue weighted by Crippen LogP contribution is 2.50. The average molecular weight is 352 g/mol. The number of nitrogens with one attached hydrogen (secondary N) is 1. The summed E-state index contributed by atoms with van der Waals surface area (Å²) in [6.07, 6.45) is 6.42. The molecule has 1 saturated carbocycles. The smallest absolute Gasteiger partial charge is 0.255 e. The van der Waals surface area contributed by atoms with Crippen molar-refractivity contribution in [3.63, 3.8) is 0 Å². The number of carbonyl (C=O) groups is 1. The Bertz CT molecular complexity index is 538. The van der Waals surface area contributed by atoms with Gasteiger partial charge in [-0.2, -0.15) is 0 Å². The molecule has 1 aliphatic carbocycles. The molecule has 21 heavy (non-hydrogen) atoms. The SMILES string of the molecule is CC1(C(Br)c2ccc3c(c2)C(=O)NCCO3)CCCCC1. The lowest BCUT2D eigenvalue weighted by molar-refractivity contribution is 0.0957. The van der Waals surface area contributed by atoms with Gasteiger partial charge in [0.2, 0.25) is 0 Å². The van der Waals surface area contributed by atoms with Crippen molar-refractivity contribution in [3.8, 4) is 5.75 Å². The zero-order chi connectivity index (χ0) is 14.9. The van der Waals surface area contributed by atoms with Gasteiger partial charge in [-0.3, -0.25) is 4.79 Å². The Balaban J connectivity index is 1.90. The third-order valence-electron chi connectivity index (χ3n) is 4.79. The van der Waals surface area contributed by atoms with E-state index in [2.05, 4.69) is 34.2 Å². The molecule has 1 aliphatic heterocycles. The molecule has 114 valence electrons. The van der Waals surface area contributed by atoms with Crippen molar-refractivity contribution in [3.05, 3.63) is 29.3 Å². The lowest BCUT2D eigenvalue weighted by atomic mass is 9.72. The first-order valence-electron chi connectivity index (χ1n) is 7.79. The summed E-state index contributed by atoms with van der Waals surface area (Å²) >= 11 is 3.90. The highest BCUT2D eigenvalue weighted by atomic mass is 79.9. The molecular formula is C17H22BrNO2. The van der Waals surface area contributed by atoms with Gasteiger partial charge >= 0.3 is 0 Å². The molecule has 0 spiro atoms. The van der Waals surface area contributed by atoms with Crippen molar-refractivity contribution in [2.45, 2.75) is 43.9 Å². The Hall–Kier alpha value is -1.03. The number of rotatable bonds is 2. The molecule has 1 aromatic rings. The Kier molecular flexibility index (Phi) is 4.25. The lowest BCUT2D eigenvalue weighted by Gasteiger charge is -2.38. The standard InChI is InChI=1S/C17H22BrNO2/c1-17(7-3-2-4-8-17)15(18)12-5-6-14-13(11-12)16(20)19-9-10-21-14/h5-6,11,15H,2-4,7-10H2,1H3,(H,19,20). The monoisotopic (exact) mass is 351 g/mol. The number of hydrogen-bond donors (Lipinski definition) is 1. The van der Waals surface area contributed by atoms with Crippen molar-refractivity contribution in [1.82, 2.24) is 5.32 Å². The largest absolute Gasteiger partial charge is 0.491 e. The molecular weight excluding hydrogens is 330 g/mol. The van der Waals surface area contributed by atoms with Gasteiger partial charge in [0.1, 0.15) is 12.4 Å². The molecule has 1 atom stereocenters. The van der Waals surface area contributed by atoms with Crippen LogP contribution in [0.2, 0.25) is 0 Å². The van der Waals surface area contributed by atoms with Crippen molar-refractivity contribution < 1.29 is 9.53 Å². The number of benzene rings is 1. The molecule has 0 radical (unpaired) electrons. The van der Waals surface area contributed by atoms with Crippen LogP contribution < -0.4 is 10.1 Å². The predicted octanol–water partition coefficient (Wildman–Crippen LogP) is 4.22.